The van der Waals surface area contributed by atoms with E-state index in [2.05, 4.69) is 0 Å². The number of aryl methyl sites for hydroxylation is 1. The summed E-state index contributed by atoms with van der Waals surface area (Å²) >= 11 is 0. The molecule has 0 saturated carbocycles. The van der Waals surface area contributed by atoms with Crippen LogP contribution < -0.4 is 5.32 Å². The Morgan fingerprint density at radius 3 is 2.45 bits per heavy atom. The molecule has 0 saturated heterocycles. The summed E-state index contributed by atoms with van der Waals surface area (Å²) in [6.07, 6.45) is -4.65. The SMILES string of the molecule is Cc1ccc(O)c(C(=O)Nc2cc(C(F)(F)F)ccc2F)c1. The lowest BCUT2D eigenvalue weighted by Gasteiger charge is -2.11. The number of hydrogen-bond acceptors (Lipinski definition) is 2. The molecule has 2 aromatic carbocycles. The normalized spacial score (nSPS) is 11.3. The van der Waals surface area contributed by atoms with E-state index in [9.17, 15) is 27.5 Å². The highest BCUT2D eigenvalue weighted by molar-refractivity contribution is 6.06. The van der Waals surface area contributed by atoms with Gasteiger partial charge in [0.15, 0.2) is 0 Å². The lowest BCUT2D eigenvalue weighted by molar-refractivity contribution is -0.137. The molecule has 7 heteroatoms. The number of phenolic OH excluding ortho intramolecular Hbond substituents is 1. The van der Waals surface area contributed by atoms with E-state index in [1.807, 2.05) is 5.32 Å². The number of phenols is 1. The molecular formula is C15H11F4NO2. The van der Waals surface area contributed by atoms with E-state index < -0.39 is 29.2 Å². The van der Waals surface area contributed by atoms with E-state index in [1.54, 1.807) is 13.0 Å². The van der Waals surface area contributed by atoms with Crippen molar-refractivity contribution in [2.45, 2.75) is 13.1 Å². The summed E-state index contributed by atoms with van der Waals surface area (Å²) in [5.74, 6) is -2.26. The highest BCUT2D eigenvalue weighted by Gasteiger charge is 2.31. The van der Waals surface area contributed by atoms with Crippen LogP contribution >= 0.6 is 0 Å². The summed E-state index contributed by atoms with van der Waals surface area (Å²) in [5, 5.41) is 11.6. The topological polar surface area (TPSA) is 49.3 Å². The summed E-state index contributed by atoms with van der Waals surface area (Å²) in [7, 11) is 0. The molecular weight excluding hydrogens is 302 g/mol. The van der Waals surface area contributed by atoms with Gasteiger partial charge in [-0.05, 0) is 37.3 Å². The highest BCUT2D eigenvalue weighted by atomic mass is 19.4. The number of amides is 1. The number of anilines is 1. The van der Waals surface area contributed by atoms with E-state index in [0.29, 0.717) is 23.8 Å². The molecule has 116 valence electrons. The maximum atomic E-state index is 13.6. The number of nitrogens with one attached hydrogen (secondary N) is 1. The average Bonchev–Trinajstić information content (AvgIpc) is 2.42. The summed E-state index contributed by atoms with van der Waals surface area (Å²) < 4.78 is 51.4. The first-order chi connectivity index (χ1) is 10.2. The number of alkyl halides is 3. The van der Waals surface area contributed by atoms with Crippen molar-refractivity contribution < 1.29 is 27.5 Å². The molecule has 0 spiro atoms. The molecule has 0 fully saturated rings. The molecule has 0 aromatic heterocycles. The zero-order chi connectivity index (χ0) is 16.5. The second-order valence-corrected chi connectivity index (χ2v) is 4.67. The number of benzene rings is 2. The first-order valence-electron chi connectivity index (χ1n) is 6.16. The molecule has 1 amide bonds. The van der Waals surface area contributed by atoms with Gasteiger partial charge in [-0.25, -0.2) is 4.39 Å². The quantitative estimate of drug-likeness (QED) is 0.820. The minimum Gasteiger partial charge on any atom is -0.507 e. The van der Waals surface area contributed by atoms with Gasteiger partial charge in [-0.1, -0.05) is 11.6 Å². The third-order valence-electron chi connectivity index (χ3n) is 2.94. The molecule has 0 aliphatic carbocycles. The Morgan fingerprint density at radius 2 is 1.82 bits per heavy atom. The van der Waals surface area contributed by atoms with Crippen LogP contribution in [0, 0.1) is 12.7 Å². The van der Waals surface area contributed by atoms with E-state index in [4.69, 9.17) is 0 Å². The molecule has 0 unspecified atom stereocenters. The molecule has 0 aliphatic rings. The maximum absolute atomic E-state index is 13.6. The Hall–Kier alpha value is -2.57. The Kier molecular flexibility index (Phi) is 4.07. The van der Waals surface area contributed by atoms with Crippen molar-refractivity contribution in [2.75, 3.05) is 5.32 Å². The summed E-state index contributed by atoms with van der Waals surface area (Å²) in [4.78, 5) is 12.0. The van der Waals surface area contributed by atoms with Crippen LogP contribution in [-0.4, -0.2) is 11.0 Å². The van der Waals surface area contributed by atoms with Gasteiger partial charge in [0.05, 0.1) is 16.8 Å². The predicted octanol–water partition coefficient (Wildman–Crippen LogP) is 4.11. The number of hydrogen-bond donors (Lipinski definition) is 2. The van der Waals surface area contributed by atoms with Crippen LogP contribution in [0.1, 0.15) is 21.5 Å². The number of aromatic hydroxyl groups is 1. The van der Waals surface area contributed by atoms with Crippen LogP contribution in [0.25, 0.3) is 0 Å². The fourth-order valence-corrected chi connectivity index (χ4v) is 1.82. The molecule has 0 aliphatic heterocycles. The number of carbonyl (C=O) groups excluding carboxylic acids is 1. The maximum Gasteiger partial charge on any atom is 0.416 e. The minimum atomic E-state index is -4.65. The Morgan fingerprint density at radius 1 is 1.14 bits per heavy atom. The Balaban J connectivity index is 2.34. The van der Waals surface area contributed by atoms with Gasteiger partial charge in [-0.2, -0.15) is 13.2 Å². The molecule has 22 heavy (non-hydrogen) atoms. The summed E-state index contributed by atoms with van der Waals surface area (Å²) in [6, 6.07) is 5.86. The van der Waals surface area contributed by atoms with Gasteiger partial charge >= 0.3 is 6.18 Å². The van der Waals surface area contributed by atoms with Gasteiger partial charge in [0.25, 0.3) is 5.91 Å². The minimum absolute atomic E-state index is 0.156. The van der Waals surface area contributed by atoms with Crippen LogP contribution in [0.5, 0.6) is 5.75 Å². The van der Waals surface area contributed by atoms with Crippen molar-refractivity contribution in [2.24, 2.45) is 0 Å². The molecule has 2 aromatic rings. The third-order valence-corrected chi connectivity index (χ3v) is 2.94. The van der Waals surface area contributed by atoms with Gasteiger partial charge in [0.2, 0.25) is 0 Å². The van der Waals surface area contributed by atoms with Crippen molar-refractivity contribution in [3.8, 4) is 5.75 Å². The zero-order valence-corrected chi connectivity index (χ0v) is 11.3. The highest BCUT2D eigenvalue weighted by Crippen LogP contribution is 2.32. The van der Waals surface area contributed by atoms with Gasteiger partial charge in [-0.3, -0.25) is 4.79 Å². The van der Waals surface area contributed by atoms with E-state index in [0.717, 1.165) is 0 Å². The van der Waals surface area contributed by atoms with Crippen molar-refractivity contribution in [3.05, 3.63) is 58.9 Å². The smallest absolute Gasteiger partial charge is 0.416 e. The molecule has 2 rings (SSSR count). The molecule has 0 bridgehead atoms. The van der Waals surface area contributed by atoms with Crippen molar-refractivity contribution in [1.29, 1.82) is 0 Å². The van der Waals surface area contributed by atoms with Gasteiger partial charge in [-0.15, -0.1) is 0 Å². The molecule has 3 nitrogen and oxygen atoms in total. The molecule has 0 radical (unpaired) electrons. The number of halogens is 4. The number of carbonyl (C=O) groups is 1. The second kappa shape index (κ2) is 5.67. The first kappa shape index (κ1) is 15.8. The van der Waals surface area contributed by atoms with Crippen molar-refractivity contribution in [3.63, 3.8) is 0 Å². The van der Waals surface area contributed by atoms with E-state index in [-0.39, 0.29) is 11.3 Å². The summed E-state index contributed by atoms with van der Waals surface area (Å²) in [6.45, 7) is 1.67. The van der Waals surface area contributed by atoms with E-state index in [1.165, 1.54) is 12.1 Å². The monoisotopic (exact) mass is 313 g/mol. The Labute approximate surface area is 123 Å². The van der Waals surface area contributed by atoms with E-state index >= 15 is 0 Å². The van der Waals surface area contributed by atoms with Gasteiger partial charge < -0.3 is 10.4 Å². The van der Waals surface area contributed by atoms with Crippen LogP contribution in [-0.2, 0) is 6.18 Å². The second-order valence-electron chi connectivity index (χ2n) is 4.67. The fourth-order valence-electron chi connectivity index (χ4n) is 1.82. The number of rotatable bonds is 2. The zero-order valence-electron chi connectivity index (χ0n) is 11.3. The van der Waals surface area contributed by atoms with Crippen LogP contribution in [0.4, 0.5) is 23.2 Å². The standard InChI is InChI=1S/C15H11F4NO2/c1-8-2-5-13(21)10(6-8)14(22)20-12-7-9(15(17,18)19)3-4-11(12)16/h2-7,21H,1H3,(H,20,22). The van der Waals surface area contributed by atoms with Crippen LogP contribution in [0.15, 0.2) is 36.4 Å². The lowest BCUT2D eigenvalue weighted by atomic mass is 10.1. The first-order valence-corrected chi connectivity index (χ1v) is 6.16. The van der Waals surface area contributed by atoms with Gasteiger partial charge in [0.1, 0.15) is 11.6 Å². The van der Waals surface area contributed by atoms with Crippen molar-refractivity contribution in [1.82, 2.24) is 0 Å². The third kappa shape index (κ3) is 3.36. The molecule has 0 heterocycles. The van der Waals surface area contributed by atoms with Gasteiger partial charge in [0, 0.05) is 0 Å². The molecule has 0 atom stereocenters. The predicted molar refractivity (Wildman–Crippen MR) is 72.2 cm³/mol. The Bertz CT molecular complexity index is 726. The van der Waals surface area contributed by atoms with Crippen LogP contribution in [0.2, 0.25) is 0 Å². The van der Waals surface area contributed by atoms with Crippen molar-refractivity contribution >= 4 is 11.6 Å². The largest absolute Gasteiger partial charge is 0.507 e. The molecule has 2 N–H and O–H groups in total. The average molecular weight is 313 g/mol. The lowest BCUT2D eigenvalue weighted by Crippen LogP contribution is -2.15. The van der Waals surface area contributed by atoms with Crippen LogP contribution in [0.3, 0.4) is 0 Å². The summed E-state index contributed by atoms with van der Waals surface area (Å²) in [5.41, 5.74) is -1.19. The fraction of sp³-hybridized carbons (Fsp3) is 0.133.